The van der Waals surface area contributed by atoms with Gasteiger partial charge in [-0.25, -0.2) is 0 Å². The number of hydrogen-bond acceptors (Lipinski definition) is 3. The second-order valence-corrected chi connectivity index (χ2v) is 6.63. The summed E-state index contributed by atoms with van der Waals surface area (Å²) >= 11 is 0. The molecule has 0 bridgehead atoms. The highest BCUT2D eigenvalue weighted by Gasteiger charge is 2.30. The smallest absolute Gasteiger partial charge is 0.349 e. The third-order valence-corrected chi connectivity index (χ3v) is 4.21. The van der Waals surface area contributed by atoms with Crippen LogP contribution in [0.4, 0.5) is 18.9 Å². The van der Waals surface area contributed by atoms with E-state index in [0.29, 0.717) is 11.3 Å². The van der Waals surface area contributed by atoms with Gasteiger partial charge in [-0.3, -0.25) is 14.4 Å². The summed E-state index contributed by atoms with van der Waals surface area (Å²) in [6.07, 6.45) is -2.57. The Morgan fingerprint density at radius 3 is 2.24 bits per heavy atom. The van der Waals surface area contributed by atoms with E-state index in [2.05, 4.69) is 16.0 Å². The first-order valence-electron chi connectivity index (χ1n) is 8.88. The van der Waals surface area contributed by atoms with Gasteiger partial charge in [-0.05, 0) is 55.3 Å². The zero-order valence-electron chi connectivity index (χ0n) is 15.2. The molecule has 2 aromatic rings. The Hall–Kier alpha value is -3.36. The zero-order valence-corrected chi connectivity index (χ0v) is 15.2. The van der Waals surface area contributed by atoms with Gasteiger partial charge in [0.1, 0.15) is 0 Å². The van der Waals surface area contributed by atoms with E-state index in [1.807, 2.05) is 0 Å². The molecule has 2 aromatic carbocycles. The maximum absolute atomic E-state index is 12.5. The largest absolute Gasteiger partial charge is 0.416 e. The highest BCUT2D eigenvalue weighted by Crippen LogP contribution is 2.29. The normalized spacial score (nSPS) is 13.5. The maximum Gasteiger partial charge on any atom is 0.416 e. The Balaban J connectivity index is 1.51. The van der Waals surface area contributed by atoms with Gasteiger partial charge in [0.25, 0.3) is 11.8 Å². The lowest BCUT2D eigenvalue weighted by molar-refractivity contribution is -0.137. The van der Waals surface area contributed by atoms with E-state index in [4.69, 9.17) is 0 Å². The topological polar surface area (TPSA) is 87.3 Å². The number of hydrogen-bond donors (Lipinski definition) is 3. The first-order chi connectivity index (χ1) is 13.7. The lowest BCUT2D eigenvalue weighted by Gasteiger charge is -2.10. The molecule has 0 aliphatic heterocycles. The monoisotopic (exact) mass is 405 g/mol. The Morgan fingerprint density at radius 1 is 0.931 bits per heavy atom. The van der Waals surface area contributed by atoms with Crippen LogP contribution in [0.15, 0.2) is 48.5 Å². The van der Waals surface area contributed by atoms with E-state index in [0.717, 1.165) is 37.1 Å². The Labute approximate surface area is 164 Å². The second kappa shape index (κ2) is 8.34. The SMILES string of the molecule is O=C(CNC(=O)c1ccc(C(F)(F)F)cc1)Nc1cccc(C(=O)NC2CC2)c1. The van der Waals surface area contributed by atoms with Crippen molar-refractivity contribution in [3.63, 3.8) is 0 Å². The lowest BCUT2D eigenvalue weighted by Crippen LogP contribution is -2.33. The molecule has 0 aromatic heterocycles. The van der Waals surface area contributed by atoms with E-state index in [-0.39, 0.29) is 24.1 Å². The molecule has 0 radical (unpaired) electrons. The van der Waals surface area contributed by atoms with E-state index >= 15 is 0 Å². The first-order valence-corrected chi connectivity index (χ1v) is 8.88. The molecule has 0 spiro atoms. The van der Waals surface area contributed by atoms with E-state index in [9.17, 15) is 27.6 Å². The number of anilines is 1. The van der Waals surface area contributed by atoms with Crippen molar-refractivity contribution in [2.45, 2.75) is 25.1 Å². The van der Waals surface area contributed by atoms with Crippen LogP contribution >= 0.6 is 0 Å². The second-order valence-electron chi connectivity index (χ2n) is 6.63. The minimum atomic E-state index is -4.49. The van der Waals surface area contributed by atoms with Crippen LogP contribution in [0, 0.1) is 0 Å². The number of alkyl halides is 3. The summed E-state index contributed by atoms with van der Waals surface area (Å²) in [7, 11) is 0. The molecule has 1 aliphatic rings. The molecule has 1 saturated carbocycles. The quantitative estimate of drug-likeness (QED) is 0.691. The van der Waals surface area contributed by atoms with Gasteiger partial charge in [0, 0.05) is 22.9 Å². The van der Waals surface area contributed by atoms with Crippen molar-refractivity contribution in [3.05, 3.63) is 65.2 Å². The maximum atomic E-state index is 12.5. The van der Waals surface area contributed by atoms with Gasteiger partial charge in [0.05, 0.1) is 12.1 Å². The fraction of sp³-hybridized carbons (Fsp3) is 0.250. The third-order valence-electron chi connectivity index (χ3n) is 4.21. The van der Waals surface area contributed by atoms with Crippen molar-refractivity contribution in [3.8, 4) is 0 Å². The fourth-order valence-corrected chi connectivity index (χ4v) is 2.51. The number of amides is 3. The summed E-state index contributed by atoms with van der Waals surface area (Å²) < 4.78 is 37.6. The summed E-state index contributed by atoms with van der Waals surface area (Å²) in [6.45, 7) is -0.377. The van der Waals surface area contributed by atoms with Crippen LogP contribution in [0.2, 0.25) is 0 Å². The van der Waals surface area contributed by atoms with Gasteiger partial charge in [-0.1, -0.05) is 6.07 Å². The van der Waals surface area contributed by atoms with E-state index in [1.165, 1.54) is 6.07 Å². The van der Waals surface area contributed by atoms with Gasteiger partial charge >= 0.3 is 6.18 Å². The molecule has 1 aliphatic carbocycles. The minimum Gasteiger partial charge on any atom is -0.349 e. The average Bonchev–Trinajstić information content (AvgIpc) is 3.49. The molecule has 3 rings (SSSR count). The van der Waals surface area contributed by atoms with Crippen LogP contribution in [0.1, 0.15) is 39.1 Å². The molecule has 1 fully saturated rings. The first kappa shape index (κ1) is 20.4. The van der Waals surface area contributed by atoms with Crippen LogP contribution < -0.4 is 16.0 Å². The molecule has 9 heteroatoms. The van der Waals surface area contributed by atoms with Crippen molar-refractivity contribution in [1.29, 1.82) is 0 Å². The van der Waals surface area contributed by atoms with Gasteiger partial charge < -0.3 is 16.0 Å². The van der Waals surface area contributed by atoms with Crippen LogP contribution in [-0.4, -0.2) is 30.3 Å². The average molecular weight is 405 g/mol. The zero-order chi connectivity index (χ0) is 21.0. The van der Waals surface area contributed by atoms with Crippen molar-refractivity contribution >= 4 is 23.4 Å². The highest BCUT2D eigenvalue weighted by atomic mass is 19.4. The molecular formula is C20H18F3N3O3. The summed E-state index contributed by atoms with van der Waals surface area (Å²) in [5.74, 6) is -1.43. The molecule has 29 heavy (non-hydrogen) atoms. The molecule has 0 unspecified atom stereocenters. The van der Waals surface area contributed by atoms with Gasteiger partial charge in [-0.2, -0.15) is 13.2 Å². The molecule has 0 saturated heterocycles. The van der Waals surface area contributed by atoms with Crippen LogP contribution in [0.5, 0.6) is 0 Å². The fourth-order valence-electron chi connectivity index (χ4n) is 2.51. The summed E-state index contributed by atoms with van der Waals surface area (Å²) in [4.78, 5) is 36.1. The Bertz CT molecular complexity index is 923. The molecular weight excluding hydrogens is 387 g/mol. The number of benzene rings is 2. The van der Waals surface area contributed by atoms with Crippen molar-refractivity contribution in [2.24, 2.45) is 0 Å². The summed E-state index contributed by atoms with van der Waals surface area (Å²) in [5.41, 5.74) is -0.0624. The van der Waals surface area contributed by atoms with Gasteiger partial charge in [-0.15, -0.1) is 0 Å². The molecule has 6 nitrogen and oxygen atoms in total. The van der Waals surface area contributed by atoms with Gasteiger partial charge in [0.15, 0.2) is 0 Å². The predicted molar refractivity (Wildman–Crippen MR) is 99.3 cm³/mol. The summed E-state index contributed by atoms with van der Waals surface area (Å²) in [5, 5.41) is 7.74. The predicted octanol–water partition coefficient (Wildman–Crippen LogP) is 2.97. The van der Waals surface area contributed by atoms with E-state index < -0.39 is 23.6 Å². The molecule has 152 valence electrons. The number of halogens is 3. The van der Waals surface area contributed by atoms with Crippen LogP contribution in [0.3, 0.4) is 0 Å². The van der Waals surface area contributed by atoms with Crippen LogP contribution in [0.25, 0.3) is 0 Å². The lowest BCUT2D eigenvalue weighted by atomic mass is 10.1. The molecule has 3 N–H and O–H groups in total. The van der Waals surface area contributed by atoms with Crippen molar-refractivity contribution in [1.82, 2.24) is 10.6 Å². The van der Waals surface area contributed by atoms with Gasteiger partial charge in [0.2, 0.25) is 5.91 Å². The third kappa shape index (κ3) is 5.81. The molecule has 0 heterocycles. The number of nitrogens with one attached hydrogen (secondary N) is 3. The molecule has 3 amide bonds. The van der Waals surface area contributed by atoms with Crippen molar-refractivity contribution in [2.75, 3.05) is 11.9 Å². The summed E-state index contributed by atoms with van der Waals surface area (Å²) in [6, 6.07) is 10.3. The Kier molecular flexibility index (Phi) is 5.86. The standard InChI is InChI=1S/C20H18F3N3O3/c21-20(22,23)14-6-4-12(5-7-14)18(28)24-11-17(27)25-16-3-1-2-13(10-16)19(29)26-15-8-9-15/h1-7,10,15H,8-9,11H2,(H,24,28)(H,25,27)(H,26,29). The number of carbonyl (C=O) groups excluding carboxylic acids is 3. The van der Waals surface area contributed by atoms with Crippen LogP contribution in [-0.2, 0) is 11.0 Å². The molecule has 0 atom stereocenters. The number of rotatable bonds is 6. The van der Waals surface area contributed by atoms with Crippen molar-refractivity contribution < 1.29 is 27.6 Å². The minimum absolute atomic E-state index is 0.00421. The highest BCUT2D eigenvalue weighted by molar-refractivity contribution is 6.00. The Morgan fingerprint density at radius 2 is 1.62 bits per heavy atom. The number of carbonyl (C=O) groups is 3. The van der Waals surface area contributed by atoms with E-state index in [1.54, 1.807) is 18.2 Å².